The number of phenolic OH excluding ortho intramolecular Hbond substituents is 1. The molecule has 262 valence electrons. The van der Waals surface area contributed by atoms with E-state index in [9.17, 15) is 5.11 Å². The van der Waals surface area contributed by atoms with E-state index >= 15 is 0 Å². The maximum absolute atomic E-state index is 11.8. The van der Waals surface area contributed by atoms with Crippen LogP contribution >= 0.6 is 32.9 Å². The van der Waals surface area contributed by atoms with Gasteiger partial charge in [0.15, 0.2) is 0 Å². The normalized spacial score (nSPS) is 16.6. The number of unbranched alkanes of at least 4 members (excludes halogenated alkanes) is 1. The number of piperazine rings is 2. The number of aromatic hydroxyl groups is 1. The third-order valence-corrected chi connectivity index (χ3v) is 13.1. The fourth-order valence-corrected chi connectivity index (χ4v) is 10.0. The number of phenols is 1. The van der Waals surface area contributed by atoms with Crippen LogP contribution in [0.1, 0.15) is 47.6 Å². The summed E-state index contributed by atoms with van der Waals surface area (Å²) in [6.45, 7) is 13.3. The molecule has 49 heavy (non-hydrogen) atoms. The van der Waals surface area contributed by atoms with Crippen molar-refractivity contribution in [3.8, 4) is 27.7 Å². The van der Waals surface area contributed by atoms with Gasteiger partial charge >= 0.3 is 0 Å². The minimum atomic E-state index is 0.450. The van der Waals surface area contributed by atoms with Gasteiger partial charge in [0, 0.05) is 101 Å². The van der Waals surface area contributed by atoms with Crippen molar-refractivity contribution < 1.29 is 14.6 Å². The Morgan fingerprint density at radius 2 is 1.08 bits per heavy atom. The lowest BCUT2D eigenvalue weighted by Crippen LogP contribution is -2.45. The predicted molar refractivity (Wildman–Crippen MR) is 206 cm³/mol. The first-order valence-corrected chi connectivity index (χ1v) is 20.1. The average molecular weight is 719 g/mol. The van der Waals surface area contributed by atoms with Crippen LogP contribution in [0, 0.1) is 3.82 Å². The summed E-state index contributed by atoms with van der Waals surface area (Å²) >= 11 is 5.82. The van der Waals surface area contributed by atoms with Crippen molar-refractivity contribution in [1.29, 1.82) is 0 Å². The van der Waals surface area contributed by atoms with Crippen molar-refractivity contribution in [1.82, 2.24) is 19.6 Å². The number of benzene rings is 3. The van der Waals surface area contributed by atoms with Gasteiger partial charge in [0.2, 0.25) is 0 Å². The van der Waals surface area contributed by atoms with Crippen LogP contribution in [0.2, 0.25) is 0 Å². The average Bonchev–Trinajstić information content (AvgIpc) is 3.50. The van der Waals surface area contributed by atoms with E-state index in [1.165, 1.54) is 27.1 Å². The van der Waals surface area contributed by atoms with Gasteiger partial charge in [-0.05, 0) is 48.2 Å². The Balaban J connectivity index is 1.17. The Bertz CT molecular complexity index is 1630. The Labute approximate surface area is 304 Å². The predicted octanol–water partition coefficient (Wildman–Crippen LogP) is 7.91. The number of rotatable bonds is 14. The summed E-state index contributed by atoms with van der Waals surface area (Å²) in [4.78, 5) is 11.3. The largest absolute Gasteiger partial charge is 0.507 e. The van der Waals surface area contributed by atoms with Gasteiger partial charge in [-0.25, -0.2) is 0 Å². The van der Waals surface area contributed by atoms with Crippen molar-refractivity contribution in [2.24, 2.45) is 0 Å². The van der Waals surface area contributed by atoms with Gasteiger partial charge in [0.05, 0.1) is 19.1 Å². The van der Waals surface area contributed by atoms with Gasteiger partial charge in [-0.3, -0.25) is 19.6 Å². The third-order valence-electron chi connectivity index (χ3n) is 9.92. The van der Waals surface area contributed by atoms with Gasteiger partial charge in [-0.2, -0.15) is 0 Å². The quantitative estimate of drug-likeness (QED) is 0.104. The molecular formula is C39H50N4O3S3. The number of para-hydroxylation sites is 2. The number of hydrogen-bond acceptors (Lipinski definition) is 10. The third kappa shape index (κ3) is 9.10. The van der Waals surface area contributed by atoms with E-state index in [1.807, 2.05) is 24.3 Å². The standard InChI is InChI=1S/C39H50N4O3S3/c1-4-5-12-34-38(48-49-39(34)47)31-23-32(27-42-19-15-40(16-20-42)25-29-10-6-8-13-35(29)45-2)37(44)33(24-31)28-43-21-17-41(18-22-43)26-30-11-7-9-14-36(30)46-3/h6-11,13-14,23-24,44H,4-5,12,15-22,25-28H2,1-3H3. The zero-order valence-corrected chi connectivity index (χ0v) is 31.6. The summed E-state index contributed by atoms with van der Waals surface area (Å²) < 4.78 is 12.2. The van der Waals surface area contributed by atoms with Crippen molar-refractivity contribution >= 4 is 32.9 Å². The Morgan fingerprint density at radius 1 is 0.653 bits per heavy atom. The minimum absolute atomic E-state index is 0.450. The first kappa shape index (κ1) is 36.0. The van der Waals surface area contributed by atoms with E-state index in [0.29, 0.717) is 5.75 Å². The molecule has 0 unspecified atom stereocenters. The van der Waals surface area contributed by atoms with E-state index in [0.717, 1.165) is 124 Å². The second-order valence-electron chi connectivity index (χ2n) is 13.2. The molecule has 7 nitrogen and oxygen atoms in total. The Morgan fingerprint density at radius 3 is 1.51 bits per heavy atom. The molecule has 0 spiro atoms. The summed E-state index contributed by atoms with van der Waals surface area (Å²) in [5.74, 6) is 2.35. The first-order chi connectivity index (χ1) is 23.9. The van der Waals surface area contributed by atoms with Gasteiger partial charge in [0.1, 0.15) is 21.1 Å². The molecule has 3 heterocycles. The summed E-state index contributed by atoms with van der Waals surface area (Å²) in [7, 11) is 7.00. The maximum Gasteiger partial charge on any atom is 0.124 e. The smallest absolute Gasteiger partial charge is 0.124 e. The molecule has 0 bridgehead atoms. The van der Waals surface area contributed by atoms with Crippen LogP contribution in [0.4, 0.5) is 0 Å². The van der Waals surface area contributed by atoms with E-state index in [4.69, 9.17) is 21.7 Å². The lowest BCUT2D eigenvalue weighted by molar-refractivity contribution is 0.118. The van der Waals surface area contributed by atoms with Crippen LogP contribution in [-0.4, -0.2) is 91.3 Å². The van der Waals surface area contributed by atoms with Crippen LogP contribution < -0.4 is 9.47 Å². The zero-order chi connectivity index (χ0) is 34.2. The molecule has 3 aromatic carbocycles. The summed E-state index contributed by atoms with van der Waals surface area (Å²) in [5, 5.41) is 11.8. The molecule has 0 aliphatic carbocycles. The molecule has 2 aliphatic heterocycles. The summed E-state index contributed by atoms with van der Waals surface area (Å²) in [6.07, 6.45) is 3.29. The molecule has 4 aromatic rings. The number of ether oxygens (including phenoxy) is 2. The van der Waals surface area contributed by atoms with Gasteiger partial charge < -0.3 is 14.6 Å². The molecule has 2 aliphatic rings. The van der Waals surface area contributed by atoms with E-state index in [1.54, 1.807) is 34.9 Å². The van der Waals surface area contributed by atoms with Crippen molar-refractivity contribution in [2.45, 2.75) is 52.4 Å². The van der Waals surface area contributed by atoms with Crippen molar-refractivity contribution in [2.75, 3.05) is 66.6 Å². The molecule has 0 radical (unpaired) electrons. The SMILES string of the molecule is CCCCc1c(-c2cc(CN3CCN(Cc4ccccc4OC)CC3)c(O)c(CN3CCN(Cc4ccccc4OC)CC3)c2)ssc1=S. The number of nitrogens with zero attached hydrogens (tertiary/aromatic N) is 4. The highest BCUT2D eigenvalue weighted by Crippen LogP contribution is 2.40. The van der Waals surface area contributed by atoms with Crippen LogP contribution in [0.3, 0.4) is 0 Å². The summed E-state index contributed by atoms with van der Waals surface area (Å²) in [6, 6.07) is 21.1. The maximum atomic E-state index is 11.8. The van der Waals surface area contributed by atoms with Gasteiger partial charge in [-0.1, -0.05) is 82.6 Å². The second-order valence-corrected chi connectivity index (χ2v) is 16.1. The molecule has 6 rings (SSSR count). The Hall–Kier alpha value is -2.83. The summed E-state index contributed by atoms with van der Waals surface area (Å²) in [5.41, 5.74) is 7.01. The molecule has 2 saturated heterocycles. The molecule has 0 saturated carbocycles. The number of methoxy groups -OCH3 is 2. The molecule has 2 fully saturated rings. The monoisotopic (exact) mass is 718 g/mol. The topological polar surface area (TPSA) is 51.7 Å². The van der Waals surface area contributed by atoms with E-state index in [-0.39, 0.29) is 0 Å². The molecule has 1 aromatic heterocycles. The zero-order valence-electron chi connectivity index (χ0n) is 29.2. The molecular weight excluding hydrogens is 669 g/mol. The van der Waals surface area contributed by atoms with Crippen molar-refractivity contribution in [3.05, 3.63) is 92.3 Å². The van der Waals surface area contributed by atoms with Crippen molar-refractivity contribution in [3.63, 3.8) is 0 Å². The Kier molecular flexibility index (Phi) is 12.8. The van der Waals surface area contributed by atoms with Gasteiger partial charge in [0.25, 0.3) is 0 Å². The van der Waals surface area contributed by atoms with E-state index < -0.39 is 0 Å². The second kappa shape index (κ2) is 17.4. The molecule has 0 atom stereocenters. The fraction of sp³-hybridized carbons (Fsp3) is 0.462. The lowest BCUT2D eigenvalue weighted by Gasteiger charge is -2.36. The molecule has 1 N–H and O–H groups in total. The highest BCUT2D eigenvalue weighted by molar-refractivity contribution is 7.80. The first-order valence-electron chi connectivity index (χ1n) is 17.6. The van der Waals surface area contributed by atoms with E-state index in [2.05, 4.69) is 62.9 Å². The highest BCUT2D eigenvalue weighted by atomic mass is 32.9. The van der Waals surface area contributed by atoms with Crippen LogP contribution in [-0.2, 0) is 32.6 Å². The highest BCUT2D eigenvalue weighted by Gasteiger charge is 2.24. The fourth-order valence-electron chi connectivity index (χ4n) is 7.04. The number of hydrogen-bond donors (Lipinski definition) is 1. The van der Waals surface area contributed by atoms with Gasteiger partial charge in [-0.15, -0.1) is 0 Å². The van der Waals surface area contributed by atoms with Crippen LogP contribution in [0.5, 0.6) is 17.2 Å². The van der Waals surface area contributed by atoms with Crippen LogP contribution in [0.25, 0.3) is 10.4 Å². The lowest BCUT2D eigenvalue weighted by atomic mass is 9.98. The molecule has 0 amide bonds. The minimum Gasteiger partial charge on any atom is -0.507 e. The molecule has 10 heteroatoms. The van der Waals surface area contributed by atoms with Crippen LogP contribution in [0.15, 0.2) is 60.7 Å².